The van der Waals surface area contributed by atoms with Crippen molar-refractivity contribution in [3.63, 3.8) is 0 Å². The summed E-state index contributed by atoms with van der Waals surface area (Å²) in [4.78, 5) is 12.4. The number of hydrogen-bond donors (Lipinski definition) is 1. The fourth-order valence-corrected chi connectivity index (χ4v) is 3.73. The number of aromatic nitrogens is 3. The fourth-order valence-electron chi connectivity index (χ4n) is 2.43. The van der Waals surface area contributed by atoms with Gasteiger partial charge in [-0.05, 0) is 37.3 Å². The molecule has 0 aliphatic rings. The van der Waals surface area contributed by atoms with E-state index in [4.69, 9.17) is 11.6 Å². The standard InChI is InChI=1S/C16H15ClN4O3S/c1-10(15-20-19-14-5-3-4-8-21(14)15)18-16(22)11-6-7-12(17)13(9-11)25(2,23)24/h3-10H,1-2H3,(H,18,22). The zero-order valence-electron chi connectivity index (χ0n) is 13.5. The maximum Gasteiger partial charge on any atom is 0.251 e. The third-order valence-corrected chi connectivity index (χ3v) is 5.25. The highest BCUT2D eigenvalue weighted by atomic mass is 35.5. The molecule has 1 aromatic carbocycles. The molecule has 1 unspecified atom stereocenters. The van der Waals surface area contributed by atoms with Crippen molar-refractivity contribution in [3.8, 4) is 0 Å². The Morgan fingerprint density at radius 3 is 2.72 bits per heavy atom. The van der Waals surface area contributed by atoms with Gasteiger partial charge in [0.15, 0.2) is 21.3 Å². The van der Waals surface area contributed by atoms with Gasteiger partial charge in [-0.3, -0.25) is 9.20 Å². The van der Waals surface area contributed by atoms with Crippen molar-refractivity contribution in [3.05, 3.63) is 59.0 Å². The zero-order chi connectivity index (χ0) is 18.2. The monoisotopic (exact) mass is 378 g/mol. The number of amides is 1. The van der Waals surface area contributed by atoms with Crippen molar-refractivity contribution < 1.29 is 13.2 Å². The van der Waals surface area contributed by atoms with Crippen molar-refractivity contribution in [1.29, 1.82) is 0 Å². The van der Waals surface area contributed by atoms with Crippen LogP contribution in [-0.4, -0.2) is 35.2 Å². The minimum atomic E-state index is -3.53. The summed E-state index contributed by atoms with van der Waals surface area (Å²) < 4.78 is 25.3. The molecule has 9 heteroatoms. The molecule has 0 aliphatic carbocycles. The van der Waals surface area contributed by atoms with Crippen LogP contribution >= 0.6 is 11.6 Å². The molecule has 0 bridgehead atoms. The SMILES string of the molecule is CC(NC(=O)c1ccc(Cl)c(S(C)(=O)=O)c1)c1nnc2ccccn12. The summed E-state index contributed by atoms with van der Waals surface area (Å²) in [6.45, 7) is 1.77. The van der Waals surface area contributed by atoms with E-state index in [1.54, 1.807) is 17.5 Å². The predicted molar refractivity (Wildman–Crippen MR) is 93.4 cm³/mol. The second-order valence-corrected chi connectivity index (χ2v) is 7.99. The van der Waals surface area contributed by atoms with Gasteiger partial charge < -0.3 is 5.32 Å². The summed E-state index contributed by atoms with van der Waals surface area (Å²) in [7, 11) is -3.53. The Kier molecular flexibility index (Phi) is 4.49. The molecule has 2 heterocycles. The molecule has 0 radical (unpaired) electrons. The highest BCUT2D eigenvalue weighted by Crippen LogP contribution is 2.23. The van der Waals surface area contributed by atoms with Crippen LogP contribution in [0.25, 0.3) is 5.65 Å². The number of fused-ring (bicyclic) bond motifs is 1. The Balaban J connectivity index is 1.87. The molecule has 0 saturated carbocycles. The Labute approximate surface area is 149 Å². The summed E-state index contributed by atoms with van der Waals surface area (Å²) in [5, 5.41) is 11.0. The van der Waals surface area contributed by atoms with E-state index in [0.29, 0.717) is 11.5 Å². The number of pyridine rings is 1. The molecule has 25 heavy (non-hydrogen) atoms. The molecule has 130 valence electrons. The lowest BCUT2D eigenvalue weighted by Gasteiger charge is -2.13. The molecule has 1 atom stereocenters. The lowest BCUT2D eigenvalue weighted by Crippen LogP contribution is -2.28. The number of hydrogen-bond acceptors (Lipinski definition) is 5. The van der Waals surface area contributed by atoms with Crippen molar-refractivity contribution >= 4 is 33.0 Å². The van der Waals surface area contributed by atoms with E-state index in [2.05, 4.69) is 15.5 Å². The Morgan fingerprint density at radius 2 is 2.00 bits per heavy atom. The summed E-state index contributed by atoms with van der Waals surface area (Å²) >= 11 is 5.91. The third kappa shape index (κ3) is 3.49. The molecule has 0 spiro atoms. The molecule has 0 fully saturated rings. The number of nitrogens with zero attached hydrogens (tertiary/aromatic N) is 3. The van der Waals surface area contributed by atoms with Gasteiger partial charge in [0.25, 0.3) is 5.91 Å². The van der Waals surface area contributed by atoms with Crippen LogP contribution in [0, 0.1) is 0 Å². The van der Waals surface area contributed by atoms with Crippen molar-refractivity contribution in [2.45, 2.75) is 17.9 Å². The first-order chi connectivity index (χ1) is 11.8. The molecule has 0 saturated heterocycles. The molecule has 2 aromatic heterocycles. The first kappa shape index (κ1) is 17.4. The normalized spacial score (nSPS) is 12.9. The maximum absolute atomic E-state index is 12.5. The molecular formula is C16H15ClN4O3S. The van der Waals surface area contributed by atoms with Crippen molar-refractivity contribution in [2.75, 3.05) is 6.26 Å². The minimum absolute atomic E-state index is 0.0792. The average Bonchev–Trinajstić information content (AvgIpc) is 2.98. The first-order valence-electron chi connectivity index (χ1n) is 7.37. The second kappa shape index (κ2) is 6.45. The number of benzene rings is 1. The van der Waals surface area contributed by atoms with Crippen LogP contribution in [-0.2, 0) is 9.84 Å². The minimum Gasteiger partial charge on any atom is -0.342 e. The number of rotatable bonds is 4. The summed E-state index contributed by atoms with van der Waals surface area (Å²) in [5.74, 6) is 0.142. The van der Waals surface area contributed by atoms with Gasteiger partial charge in [0.05, 0.1) is 16.0 Å². The van der Waals surface area contributed by atoms with Gasteiger partial charge in [-0.25, -0.2) is 8.42 Å². The van der Waals surface area contributed by atoms with E-state index in [-0.39, 0.29) is 15.5 Å². The average molecular weight is 379 g/mol. The van der Waals surface area contributed by atoms with Crippen molar-refractivity contribution in [2.24, 2.45) is 0 Å². The summed E-state index contributed by atoms with van der Waals surface area (Å²) in [6.07, 6.45) is 2.85. The molecule has 1 amide bonds. The third-order valence-electron chi connectivity index (χ3n) is 3.67. The summed E-state index contributed by atoms with van der Waals surface area (Å²) in [5.41, 5.74) is 0.870. The van der Waals surface area contributed by atoms with E-state index in [9.17, 15) is 13.2 Å². The van der Waals surface area contributed by atoms with E-state index in [0.717, 1.165) is 6.26 Å². The number of sulfone groups is 1. The van der Waals surface area contributed by atoms with Gasteiger partial charge in [-0.1, -0.05) is 17.7 Å². The largest absolute Gasteiger partial charge is 0.342 e. The van der Waals surface area contributed by atoms with Crippen LogP contribution in [0.1, 0.15) is 29.1 Å². The number of carbonyl (C=O) groups excluding carboxylic acids is 1. The number of nitrogens with one attached hydrogen (secondary N) is 1. The van der Waals surface area contributed by atoms with E-state index in [1.165, 1.54) is 18.2 Å². The summed E-state index contributed by atoms with van der Waals surface area (Å²) in [6, 6.07) is 9.20. The number of halogens is 1. The van der Waals surface area contributed by atoms with Gasteiger partial charge in [-0.2, -0.15) is 0 Å². The highest BCUT2D eigenvalue weighted by Gasteiger charge is 2.19. The lowest BCUT2D eigenvalue weighted by molar-refractivity contribution is 0.0938. The van der Waals surface area contributed by atoms with Crippen LogP contribution in [0.15, 0.2) is 47.5 Å². The van der Waals surface area contributed by atoms with E-state index in [1.807, 2.05) is 18.2 Å². The fraction of sp³-hybridized carbons (Fsp3) is 0.188. The number of carbonyl (C=O) groups is 1. The van der Waals surface area contributed by atoms with Crippen LogP contribution in [0.4, 0.5) is 0 Å². The van der Waals surface area contributed by atoms with E-state index < -0.39 is 21.8 Å². The maximum atomic E-state index is 12.5. The molecule has 7 nitrogen and oxygen atoms in total. The molecule has 3 rings (SSSR count). The van der Waals surface area contributed by atoms with Crippen LogP contribution in [0.2, 0.25) is 5.02 Å². The molecular weight excluding hydrogens is 364 g/mol. The smallest absolute Gasteiger partial charge is 0.251 e. The van der Waals surface area contributed by atoms with Crippen LogP contribution in [0.3, 0.4) is 0 Å². The predicted octanol–water partition coefficient (Wildman–Crippen LogP) is 2.28. The Bertz CT molecular complexity index is 1060. The van der Waals surface area contributed by atoms with Crippen molar-refractivity contribution in [1.82, 2.24) is 19.9 Å². The topological polar surface area (TPSA) is 93.4 Å². The van der Waals surface area contributed by atoms with Gasteiger partial charge in [0.2, 0.25) is 0 Å². The first-order valence-corrected chi connectivity index (χ1v) is 9.64. The van der Waals surface area contributed by atoms with Gasteiger partial charge in [0, 0.05) is 18.0 Å². The van der Waals surface area contributed by atoms with Gasteiger partial charge >= 0.3 is 0 Å². The van der Waals surface area contributed by atoms with E-state index >= 15 is 0 Å². The Morgan fingerprint density at radius 1 is 1.24 bits per heavy atom. The Hall–Kier alpha value is -2.45. The highest BCUT2D eigenvalue weighted by molar-refractivity contribution is 7.90. The molecule has 1 N–H and O–H groups in total. The molecule has 3 aromatic rings. The van der Waals surface area contributed by atoms with Crippen LogP contribution < -0.4 is 5.32 Å². The quantitative estimate of drug-likeness (QED) is 0.751. The van der Waals surface area contributed by atoms with Gasteiger partial charge in [-0.15, -0.1) is 10.2 Å². The molecule has 0 aliphatic heterocycles. The van der Waals surface area contributed by atoms with Gasteiger partial charge in [0.1, 0.15) is 0 Å². The lowest BCUT2D eigenvalue weighted by atomic mass is 10.2. The van der Waals surface area contributed by atoms with Crippen LogP contribution in [0.5, 0.6) is 0 Å². The second-order valence-electron chi connectivity index (χ2n) is 5.60. The zero-order valence-corrected chi connectivity index (χ0v) is 15.0.